The van der Waals surface area contributed by atoms with E-state index in [1.807, 2.05) is 37.3 Å². The first kappa shape index (κ1) is 17.1. The summed E-state index contributed by atoms with van der Waals surface area (Å²) in [5, 5.41) is 9.02. The molecular weight excluding hydrogens is 316 g/mol. The largest absolute Gasteiger partial charge is 0.492 e. The smallest absolute Gasteiger partial charge is 0.319 e. The number of aryl methyl sites for hydroxylation is 1. The minimum Gasteiger partial charge on any atom is -0.492 e. The average Bonchev–Trinajstić information content (AvgIpc) is 2.63. The number of nitrogens with zero attached hydrogens (tertiary/aromatic N) is 1. The molecule has 2 heterocycles. The van der Waals surface area contributed by atoms with Gasteiger partial charge in [-0.15, -0.1) is 0 Å². The van der Waals surface area contributed by atoms with E-state index < -0.39 is 0 Å². The van der Waals surface area contributed by atoms with E-state index in [-0.39, 0.29) is 6.03 Å². The van der Waals surface area contributed by atoms with Gasteiger partial charge in [0.2, 0.25) is 0 Å². The second-order valence-corrected chi connectivity index (χ2v) is 5.90. The average molecular weight is 340 g/mol. The van der Waals surface area contributed by atoms with Crippen molar-refractivity contribution in [1.29, 1.82) is 0 Å². The molecule has 0 saturated heterocycles. The van der Waals surface area contributed by atoms with Crippen LogP contribution >= 0.6 is 0 Å². The van der Waals surface area contributed by atoms with Crippen LogP contribution in [0.5, 0.6) is 5.75 Å². The van der Waals surface area contributed by atoms with Crippen molar-refractivity contribution in [2.45, 2.75) is 26.2 Å². The summed E-state index contributed by atoms with van der Waals surface area (Å²) < 4.78 is 5.51. The molecule has 0 bridgehead atoms. The Bertz CT molecular complexity index is 733. The predicted molar refractivity (Wildman–Crippen MR) is 99.4 cm³/mol. The highest BCUT2D eigenvalue weighted by Gasteiger charge is 2.11. The molecule has 0 unspecified atom stereocenters. The van der Waals surface area contributed by atoms with Crippen LogP contribution in [-0.2, 0) is 12.8 Å². The lowest BCUT2D eigenvalue weighted by Gasteiger charge is -2.17. The van der Waals surface area contributed by atoms with E-state index in [0.29, 0.717) is 31.0 Å². The van der Waals surface area contributed by atoms with Crippen LogP contribution in [0.15, 0.2) is 36.4 Å². The van der Waals surface area contributed by atoms with Gasteiger partial charge >= 0.3 is 6.03 Å². The summed E-state index contributed by atoms with van der Waals surface area (Å²) in [5.41, 5.74) is 2.91. The predicted octanol–water partition coefficient (Wildman–Crippen LogP) is 3.20. The fourth-order valence-corrected chi connectivity index (χ4v) is 2.83. The van der Waals surface area contributed by atoms with Crippen molar-refractivity contribution in [1.82, 2.24) is 10.3 Å². The third kappa shape index (κ3) is 4.62. The number of carbonyl (C=O) groups is 1. The maximum Gasteiger partial charge on any atom is 0.319 e. The van der Waals surface area contributed by atoms with Gasteiger partial charge in [-0.1, -0.05) is 18.2 Å². The number of para-hydroxylation sites is 2. The van der Waals surface area contributed by atoms with Crippen molar-refractivity contribution >= 4 is 17.5 Å². The van der Waals surface area contributed by atoms with E-state index in [1.165, 1.54) is 5.56 Å². The Morgan fingerprint density at radius 2 is 2.16 bits per heavy atom. The maximum atomic E-state index is 12.1. The number of rotatable bonds is 6. The van der Waals surface area contributed by atoms with E-state index in [2.05, 4.69) is 27.0 Å². The first-order chi connectivity index (χ1) is 12.3. The summed E-state index contributed by atoms with van der Waals surface area (Å²) in [6.45, 7) is 3.97. The van der Waals surface area contributed by atoms with Crippen LogP contribution in [0, 0.1) is 0 Å². The lowest BCUT2D eigenvalue weighted by Crippen LogP contribution is -2.30. The summed E-state index contributed by atoms with van der Waals surface area (Å²) >= 11 is 0. The van der Waals surface area contributed by atoms with Crippen molar-refractivity contribution < 1.29 is 9.53 Å². The number of fused-ring (bicyclic) bond motifs is 1. The molecule has 6 heteroatoms. The molecule has 0 saturated carbocycles. The van der Waals surface area contributed by atoms with Gasteiger partial charge < -0.3 is 20.7 Å². The fourth-order valence-electron chi connectivity index (χ4n) is 2.83. The SMILES string of the molecule is CCOc1ccccc1NC(=O)NCCc1ccc2c(n1)NCCC2. The van der Waals surface area contributed by atoms with Crippen LogP contribution in [0.3, 0.4) is 0 Å². The van der Waals surface area contributed by atoms with Gasteiger partial charge in [-0.2, -0.15) is 0 Å². The molecule has 0 atom stereocenters. The molecule has 3 rings (SSSR count). The van der Waals surface area contributed by atoms with Crippen molar-refractivity contribution in [3.63, 3.8) is 0 Å². The van der Waals surface area contributed by atoms with Crippen molar-refractivity contribution in [3.8, 4) is 5.75 Å². The van der Waals surface area contributed by atoms with E-state index >= 15 is 0 Å². The van der Waals surface area contributed by atoms with Crippen molar-refractivity contribution in [2.24, 2.45) is 0 Å². The molecule has 1 aromatic heterocycles. The van der Waals surface area contributed by atoms with Crippen molar-refractivity contribution in [2.75, 3.05) is 30.3 Å². The zero-order valence-electron chi connectivity index (χ0n) is 14.5. The number of urea groups is 1. The van der Waals surface area contributed by atoms with E-state index in [0.717, 1.165) is 30.9 Å². The van der Waals surface area contributed by atoms with Gasteiger partial charge in [0.1, 0.15) is 11.6 Å². The highest BCUT2D eigenvalue weighted by atomic mass is 16.5. The summed E-state index contributed by atoms with van der Waals surface area (Å²) in [7, 11) is 0. The van der Waals surface area contributed by atoms with Gasteiger partial charge in [-0.3, -0.25) is 0 Å². The molecule has 0 radical (unpaired) electrons. The van der Waals surface area contributed by atoms with Crippen LogP contribution < -0.4 is 20.7 Å². The molecule has 132 valence electrons. The Hall–Kier alpha value is -2.76. The quantitative estimate of drug-likeness (QED) is 0.755. The third-order valence-electron chi connectivity index (χ3n) is 4.05. The molecule has 2 aromatic rings. The Balaban J connectivity index is 1.50. The number of hydrogen-bond donors (Lipinski definition) is 3. The molecule has 25 heavy (non-hydrogen) atoms. The summed E-state index contributed by atoms with van der Waals surface area (Å²) in [5.74, 6) is 1.65. The molecule has 3 N–H and O–H groups in total. The van der Waals surface area contributed by atoms with E-state index in [9.17, 15) is 4.79 Å². The van der Waals surface area contributed by atoms with Crippen LogP contribution in [0.4, 0.5) is 16.3 Å². The van der Waals surface area contributed by atoms with Crippen LogP contribution in [0.1, 0.15) is 24.6 Å². The zero-order valence-corrected chi connectivity index (χ0v) is 14.5. The number of amides is 2. The zero-order chi connectivity index (χ0) is 17.5. The molecule has 0 fully saturated rings. The molecule has 1 aliphatic heterocycles. The first-order valence-electron chi connectivity index (χ1n) is 8.75. The molecule has 6 nitrogen and oxygen atoms in total. The van der Waals surface area contributed by atoms with E-state index in [4.69, 9.17) is 4.74 Å². The number of ether oxygens (including phenoxy) is 1. The molecule has 0 spiro atoms. The summed E-state index contributed by atoms with van der Waals surface area (Å²) in [6.07, 6.45) is 2.92. The lowest BCUT2D eigenvalue weighted by molar-refractivity contribution is 0.252. The van der Waals surface area contributed by atoms with E-state index in [1.54, 1.807) is 0 Å². The normalized spacial score (nSPS) is 12.7. The number of carbonyl (C=O) groups excluding carboxylic acids is 1. The lowest BCUT2D eigenvalue weighted by atomic mass is 10.1. The van der Waals surface area contributed by atoms with Crippen LogP contribution in [0.25, 0.3) is 0 Å². The fraction of sp³-hybridized carbons (Fsp3) is 0.368. The van der Waals surface area contributed by atoms with Gasteiger partial charge in [-0.25, -0.2) is 9.78 Å². The molecule has 2 amide bonds. The number of anilines is 2. The highest BCUT2D eigenvalue weighted by molar-refractivity contribution is 5.90. The molecule has 1 aromatic carbocycles. The summed E-state index contributed by atoms with van der Waals surface area (Å²) in [4.78, 5) is 16.7. The van der Waals surface area contributed by atoms with Gasteiger partial charge in [0, 0.05) is 25.2 Å². The third-order valence-corrected chi connectivity index (χ3v) is 4.05. The highest BCUT2D eigenvalue weighted by Crippen LogP contribution is 2.23. The standard InChI is InChI=1S/C19H24N4O2/c1-2-25-17-8-4-3-7-16(17)23-19(24)21-13-11-15-10-9-14-6-5-12-20-18(14)22-15/h3-4,7-10H,2,5-6,11-13H2,1H3,(H,20,22)(H2,21,23,24). The Morgan fingerprint density at radius 1 is 1.28 bits per heavy atom. The van der Waals surface area contributed by atoms with Crippen LogP contribution in [0.2, 0.25) is 0 Å². The minimum absolute atomic E-state index is 0.247. The Morgan fingerprint density at radius 3 is 3.04 bits per heavy atom. The molecular formula is C19H24N4O2. The van der Waals surface area contributed by atoms with Gasteiger partial charge in [-0.05, 0) is 43.5 Å². The Kier molecular flexibility index (Phi) is 5.72. The number of hydrogen-bond acceptors (Lipinski definition) is 4. The number of aromatic nitrogens is 1. The van der Waals surface area contributed by atoms with Gasteiger partial charge in [0.15, 0.2) is 0 Å². The molecule has 1 aliphatic rings. The monoisotopic (exact) mass is 340 g/mol. The number of benzene rings is 1. The maximum absolute atomic E-state index is 12.1. The van der Waals surface area contributed by atoms with Gasteiger partial charge in [0.25, 0.3) is 0 Å². The van der Waals surface area contributed by atoms with Crippen molar-refractivity contribution in [3.05, 3.63) is 47.7 Å². The topological polar surface area (TPSA) is 75.3 Å². The first-order valence-corrected chi connectivity index (χ1v) is 8.75. The molecule has 0 aliphatic carbocycles. The minimum atomic E-state index is -0.247. The summed E-state index contributed by atoms with van der Waals surface area (Å²) in [6, 6.07) is 11.3. The second-order valence-electron chi connectivity index (χ2n) is 5.90. The number of pyridine rings is 1. The van der Waals surface area contributed by atoms with Gasteiger partial charge in [0.05, 0.1) is 12.3 Å². The second kappa shape index (κ2) is 8.37. The van der Waals surface area contributed by atoms with Crippen LogP contribution in [-0.4, -0.2) is 30.7 Å². The number of nitrogens with one attached hydrogen (secondary N) is 3. The Labute approximate surface area is 148 Å².